The number of hydrogen-bond acceptors (Lipinski definition) is 7. The molecule has 0 spiro atoms. The number of thioether (sulfide) groups is 1. The quantitative estimate of drug-likeness (QED) is 0.718. The van der Waals surface area contributed by atoms with Gasteiger partial charge in [0.15, 0.2) is 5.82 Å². The van der Waals surface area contributed by atoms with Crippen molar-refractivity contribution in [3.8, 4) is 5.88 Å². The van der Waals surface area contributed by atoms with Crippen LogP contribution < -0.4 is 9.64 Å². The molecule has 2 aromatic heterocycles. The van der Waals surface area contributed by atoms with Gasteiger partial charge in [0, 0.05) is 44.0 Å². The molecule has 1 aliphatic heterocycles. The smallest absolute Gasteiger partial charge is 0.233 e. The molecule has 26 heavy (non-hydrogen) atoms. The summed E-state index contributed by atoms with van der Waals surface area (Å²) < 4.78 is 5.93. The first kappa shape index (κ1) is 18.4. The fraction of sp³-hybridized carbons (Fsp3) is 0.444. The summed E-state index contributed by atoms with van der Waals surface area (Å²) in [6, 6.07) is 7.52. The number of carbonyl (C=O) groups excluding carboxylic acids is 1. The van der Waals surface area contributed by atoms with Gasteiger partial charge >= 0.3 is 0 Å². The number of amides is 1. The van der Waals surface area contributed by atoms with Crippen LogP contribution in [-0.2, 0) is 4.79 Å². The van der Waals surface area contributed by atoms with Gasteiger partial charge in [0.25, 0.3) is 0 Å². The molecule has 1 atom stereocenters. The van der Waals surface area contributed by atoms with Crippen molar-refractivity contribution < 1.29 is 9.53 Å². The molecule has 138 valence electrons. The molecule has 2 aromatic rings. The van der Waals surface area contributed by atoms with Crippen LogP contribution >= 0.6 is 11.8 Å². The van der Waals surface area contributed by atoms with Crippen LogP contribution in [0.3, 0.4) is 0 Å². The van der Waals surface area contributed by atoms with Crippen molar-refractivity contribution in [2.75, 3.05) is 37.8 Å². The van der Waals surface area contributed by atoms with Crippen LogP contribution in [0.2, 0.25) is 0 Å². The molecule has 8 heteroatoms. The second-order valence-corrected chi connectivity index (χ2v) is 7.37. The summed E-state index contributed by atoms with van der Waals surface area (Å²) in [5.74, 6) is 1.84. The lowest BCUT2D eigenvalue weighted by molar-refractivity contribution is -0.130. The van der Waals surface area contributed by atoms with Gasteiger partial charge in [-0.25, -0.2) is 0 Å². The summed E-state index contributed by atoms with van der Waals surface area (Å²) in [5.41, 5.74) is 0. The fourth-order valence-corrected chi connectivity index (χ4v) is 3.50. The lowest BCUT2D eigenvalue weighted by Gasteiger charge is -2.32. The summed E-state index contributed by atoms with van der Waals surface area (Å²) in [7, 11) is 3.83. The van der Waals surface area contributed by atoms with E-state index in [-0.39, 0.29) is 12.0 Å². The maximum atomic E-state index is 12.5. The molecular weight excluding hydrogens is 350 g/mol. The third-order valence-electron chi connectivity index (χ3n) is 4.11. The average Bonchev–Trinajstić information content (AvgIpc) is 2.67. The monoisotopic (exact) mass is 373 g/mol. The number of aromatic nitrogens is 3. The highest BCUT2D eigenvalue weighted by molar-refractivity contribution is 8.00. The van der Waals surface area contributed by atoms with Gasteiger partial charge in [-0.1, -0.05) is 0 Å². The van der Waals surface area contributed by atoms with Crippen molar-refractivity contribution >= 4 is 23.5 Å². The van der Waals surface area contributed by atoms with E-state index in [0.29, 0.717) is 18.2 Å². The predicted molar refractivity (Wildman–Crippen MR) is 102 cm³/mol. The molecule has 0 N–H and O–H groups in total. The molecule has 3 rings (SSSR count). The van der Waals surface area contributed by atoms with Gasteiger partial charge in [0.1, 0.15) is 6.10 Å². The van der Waals surface area contributed by atoms with Gasteiger partial charge in [-0.2, -0.15) is 0 Å². The van der Waals surface area contributed by atoms with Crippen molar-refractivity contribution in [1.82, 2.24) is 20.1 Å². The lowest BCUT2D eigenvalue weighted by atomic mass is 10.1. The first-order valence-corrected chi connectivity index (χ1v) is 9.58. The third-order valence-corrected chi connectivity index (χ3v) is 5.11. The number of hydrogen-bond donors (Lipinski definition) is 0. The Hall–Kier alpha value is -2.35. The summed E-state index contributed by atoms with van der Waals surface area (Å²) >= 11 is 1.53. The van der Waals surface area contributed by atoms with Gasteiger partial charge in [-0.3, -0.25) is 9.78 Å². The van der Waals surface area contributed by atoms with Gasteiger partial charge < -0.3 is 14.5 Å². The van der Waals surface area contributed by atoms with Crippen LogP contribution in [0.4, 0.5) is 5.82 Å². The number of nitrogens with zero attached hydrogens (tertiary/aromatic N) is 5. The molecule has 1 saturated heterocycles. The molecule has 7 nitrogen and oxygen atoms in total. The number of ether oxygens (including phenoxy) is 1. The molecule has 1 fully saturated rings. The Labute approximate surface area is 157 Å². The van der Waals surface area contributed by atoms with Crippen LogP contribution in [-0.4, -0.2) is 65.0 Å². The molecule has 0 aromatic carbocycles. The zero-order chi connectivity index (χ0) is 18.4. The van der Waals surface area contributed by atoms with Crippen LogP contribution in [0.15, 0.2) is 41.6 Å². The molecule has 0 aliphatic carbocycles. The van der Waals surface area contributed by atoms with Gasteiger partial charge in [-0.05, 0) is 31.0 Å². The highest BCUT2D eigenvalue weighted by Gasteiger charge is 2.25. The number of piperidine rings is 1. The number of anilines is 1. The van der Waals surface area contributed by atoms with E-state index < -0.39 is 0 Å². The van der Waals surface area contributed by atoms with E-state index in [0.717, 1.165) is 30.1 Å². The minimum atomic E-state index is -0.0434. The van der Waals surface area contributed by atoms with Gasteiger partial charge in [0.2, 0.25) is 11.8 Å². The Kier molecular flexibility index (Phi) is 6.27. The SMILES string of the molecule is CN(C)c1ccc(OC2CCCN(C(=O)CSc3ccncc3)C2)nn1. The minimum absolute atomic E-state index is 0.0434. The zero-order valence-corrected chi connectivity index (χ0v) is 15.9. The van der Waals surface area contributed by atoms with Crippen LogP contribution in [0.25, 0.3) is 0 Å². The highest BCUT2D eigenvalue weighted by atomic mass is 32.2. The maximum Gasteiger partial charge on any atom is 0.233 e. The summed E-state index contributed by atoms with van der Waals surface area (Å²) in [6.07, 6.45) is 5.27. The Bertz CT molecular complexity index is 711. The molecule has 1 amide bonds. The van der Waals surface area contributed by atoms with Crippen molar-refractivity contribution in [3.05, 3.63) is 36.7 Å². The Balaban J connectivity index is 1.51. The van der Waals surface area contributed by atoms with Gasteiger partial charge in [0.05, 0.1) is 12.3 Å². The van der Waals surface area contributed by atoms with Crippen LogP contribution in [0, 0.1) is 0 Å². The molecule has 1 aliphatic rings. The fourth-order valence-electron chi connectivity index (χ4n) is 2.72. The Morgan fingerprint density at radius 1 is 1.27 bits per heavy atom. The third kappa shape index (κ3) is 5.08. The standard InChI is InChI=1S/C18H23N5O2S/c1-22(2)16-5-6-17(21-20-16)25-14-4-3-11-23(12-14)18(24)13-26-15-7-9-19-10-8-15/h5-10,14H,3-4,11-13H2,1-2H3. The van der Waals surface area contributed by atoms with E-state index in [4.69, 9.17) is 4.74 Å². The first-order chi connectivity index (χ1) is 12.6. The second kappa shape index (κ2) is 8.84. The second-order valence-electron chi connectivity index (χ2n) is 6.32. The first-order valence-electron chi connectivity index (χ1n) is 8.60. The normalized spacial score (nSPS) is 17.0. The van der Waals surface area contributed by atoms with Crippen LogP contribution in [0.5, 0.6) is 5.88 Å². The molecule has 0 saturated carbocycles. The topological polar surface area (TPSA) is 71.5 Å². The average molecular weight is 373 g/mol. The van der Waals surface area contributed by atoms with Crippen molar-refractivity contribution in [2.45, 2.75) is 23.8 Å². The molecule has 0 radical (unpaired) electrons. The number of carbonyl (C=O) groups is 1. The molecule has 1 unspecified atom stereocenters. The Morgan fingerprint density at radius 3 is 2.77 bits per heavy atom. The predicted octanol–water partition coefficient (Wildman–Crippen LogP) is 2.10. The summed E-state index contributed by atoms with van der Waals surface area (Å²) in [4.78, 5) is 21.3. The maximum absolute atomic E-state index is 12.5. The largest absolute Gasteiger partial charge is 0.471 e. The molecule has 0 bridgehead atoms. The summed E-state index contributed by atoms with van der Waals surface area (Å²) in [6.45, 7) is 1.37. The summed E-state index contributed by atoms with van der Waals surface area (Å²) in [5, 5.41) is 8.24. The van der Waals surface area contributed by atoms with Gasteiger partial charge in [-0.15, -0.1) is 22.0 Å². The highest BCUT2D eigenvalue weighted by Crippen LogP contribution is 2.20. The van der Waals surface area contributed by atoms with Crippen molar-refractivity contribution in [1.29, 1.82) is 0 Å². The van der Waals surface area contributed by atoms with E-state index in [2.05, 4.69) is 15.2 Å². The lowest BCUT2D eigenvalue weighted by Crippen LogP contribution is -2.45. The zero-order valence-electron chi connectivity index (χ0n) is 15.0. The van der Waals surface area contributed by atoms with E-state index in [1.54, 1.807) is 12.4 Å². The van der Waals surface area contributed by atoms with E-state index in [1.807, 2.05) is 48.2 Å². The molecular formula is C18H23N5O2S. The number of likely N-dealkylation sites (tertiary alicyclic amines) is 1. The Morgan fingerprint density at radius 2 is 2.08 bits per heavy atom. The van der Waals surface area contributed by atoms with Crippen molar-refractivity contribution in [3.63, 3.8) is 0 Å². The number of pyridine rings is 1. The minimum Gasteiger partial charge on any atom is -0.471 e. The molecule has 3 heterocycles. The number of rotatable bonds is 6. The van der Waals surface area contributed by atoms with Crippen molar-refractivity contribution in [2.24, 2.45) is 0 Å². The van der Waals surface area contributed by atoms with E-state index >= 15 is 0 Å². The van der Waals surface area contributed by atoms with Crippen LogP contribution in [0.1, 0.15) is 12.8 Å². The van der Waals surface area contributed by atoms with E-state index in [1.165, 1.54) is 11.8 Å². The van der Waals surface area contributed by atoms with E-state index in [9.17, 15) is 4.79 Å².